The lowest BCUT2D eigenvalue weighted by atomic mass is 9.81. The Labute approximate surface area is 197 Å². The molecule has 1 aliphatic heterocycles. The van der Waals surface area contributed by atoms with Crippen LogP contribution in [0.1, 0.15) is 37.8 Å². The molecule has 12 heteroatoms. The molecule has 0 N–H and O–H groups in total. The van der Waals surface area contributed by atoms with Gasteiger partial charge in [-0.1, -0.05) is 30.5 Å². The van der Waals surface area contributed by atoms with Crippen molar-refractivity contribution in [3.05, 3.63) is 48.0 Å². The average Bonchev–Trinajstić information content (AvgIpc) is 3.41. The molecule has 2 fully saturated rings. The minimum Gasteiger partial charge on any atom is -0.493 e. The molecule has 0 bridgehead atoms. The third-order valence-electron chi connectivity index (χ3n) is 6.50. The third-order valence-corrected chi connectivity index (χ3v) is 6.50. The number of benzene rings is 1. The van der Waals surface area contributed by atoms with E-state index in [1.807, 2.05) is 0 Å². The second-order valence-electron chi connectivity index (χ2n) is 8.61. The second-order valence-corrected chi connectivity index (χ2v) is 8.61. The Morgan fingerprint density at radius 3 is 2.54 bits per heavy atom. The van der Waals surface area contributed by atoms with E-state index in [0.717, 1.165) is 31.5 Å². The summed E-state index contributed by atoms with van der Waals surface area (Å²) >= 11 is 0. The highest BCUT2D eigenvalue weighted by atomic mass is 19.4. The van der Waals surface area contributed by atoms with E-state index in [1.165, 1.54) is 35.1 Å². The van der Waals surface area contributed by atoms with Crippen LogP contribution in [-0.2, 0) is 6.18 Å². The van der Waals surface area contributed by atoms with Crippen molar-refractivity contribution in [2.24, 2.45) is 0 Å². The predicted octanol–water partition coefficient (Wildman–Crippen LogP) is 5.45. The van der Waals surface area contributed by atoms with Crippen molar-refractivity contribution in [2.75, 3.05) is 23.5 Å². The summed E-state index contributed by atoms with van der Waals surface area (Å²) in [5.41, 5.74) is -1.21. The van der Waals surface area contributed by atoms with Gasteiger partial charge in [0.1, 0.15) is 5.69 Å². The topological polar surface area (TPSA) is 84.6 Å². The number of pyridine rings is 1. The van der Waals surface area contributed by atoms with E-state index >= 15 is 0 Å². The Balaban J connectivity index is 1.52. The first kappa shape index (κ1) is 23.1. The van der Waals surface area contributed by atoms with Crippen LogP contribution in [0.15, 0.2) is 41.1 Å². The van der Waals surface area contributed by atoms with E-state index in [1.54, 1.807) is 6.07 Å². The molecule has 0 atom stereocenters. The number of aromatic nitrogens is 3. The van der Waals surface area contributed by atoms with E-state index in [-0.39, 0.29) is 35.4 Å². The Hall–Kier alpha value is -3.70. The minimum absolute atomic E-state index is 0.0461. The number of carbonyl (C=O) groups is 1. The van der Waals surface area contributed by atoms with E-state index < -0.39 is 29.3 Å². The fourth-order valence-corrected chi connectivity index (χ4v) is 4.86. The summed E-state index contributed by atoms with van der Waals surface area (Å²) in [7, 11) is 1.32. The maximum atomic E-state index is 14.2. The molecule has 3 heterocycles. The smallest absolute Gasteiger partial charge is 0.433 e. The highest BCUT2D eigenvalue weighted by molar-refractivity contribution is 6.06. The summed E-state index contributed by atoms with van der Waals surface area (Å²) in [6.45, 7) is 0.236. The number of hydrogen-bond acceptors (Lipinski definition) is 6. The molecule has 0 unspecified atom stereocenters. The van der Waals surface area contributed by atoms with Gasteiger partial charge in [-0.2, -0.15) is 18.2 Å². The number of ether oxygens (including phenoxy) is 1. The maximum absolute atomic E-state index is 14.2. The Morgan fingerprint density at radius 1 is 1.11 bits per heavy atom. The van der Waals surface area contributed by atoms with Gasteiger partial charge in [-0.25, -0.2) is 19.1 Å². The monoisotopic (exact) mass is 491 g/mol. The summed E-state index contributed by atoms with van der Waals surface area (Å²) in [5, 5.41) is 3.95. The van der Waals surface area contributed by atoms with Gasteiger partial charge < -0.3 is 9.26 Å². The lowest BCUT2D eigenvalue weighted by Crippen LogP contribution is -2.49. The number of alkyl halides is 3. The molecule has 1 spiro atoms. The quantitative estimate of drug-likeness (QED) is 0.452. The Bertz CT molecular complexity index is 1240. The van der Waals surface area contributed by atoms with Crippen LogP contribution >= 0.6 is 0 Å². The van der Waals surface area contributed by atoms with Crippen molar-refractivity contribution < 1.29 is 31.6 Å². The van der Waals surface area contributed by atoms with E-state index in [9.17, 15) is 22.4 Å². The van der Waals surface area contributed by atoms with Crippen molar-refractivity contribution in [2.45, 2.75) is 43.8 Å². The maximum Gasteiger partial charge on any atom is 0.433 e. The molecule has 0 radical (unpaired) electrons. The Kier molecular flexibility index (Phi) is 5.60. The number of hydrogen-bond donors (Lipinski definition) is 0. The Morgan fingerprint density at radius 2 is 1.89 bits per heavy atom. The highest BCUT2D eigenvalue weighted by Crippen LogP contribution is 2.44. The number of halogens is 4. The average molecular weight is 491 g/mol. The zero-order valence-corrected chi connectivity index (χ0v) is 18.7. The first-order valence-corrected chi connectivity index (χ1v) is 11.1. The number of anilines is 2. The largest absolute Gasteiger partial charge is 0.493 e. The zero-order chi connectivity index (χ0) is 24.8. The van der Waals surface area contributed by atoms with Crippen LogP contribution < -0.4 is 14.5 Å². The normalized spacial score (nSPS) is 17.9. The molecule has 184 valence electrons. The molecule has 1 saturated carbocycles. The number of amides is 2. The van der Waals surface area contributed by atoms with Crippen LogP contribution in [0, 0.1) is 5.82 Å². The van der Waals surface area contributed by atoms with Crippen LogP contribution in [0.5, 0.6) is 5.75 Å². The molecule has 5 rings (SSSR count). The summed E-state index contributed by atoms with van der Waals surface area (Å²) in [4.78, 5) is 24.2. The van der Waals surface area contributed by atoms with Crippen LogP contribution in [0.4, 0.5) is 34.1 Å². The van der Waals surface area contributed by atoms with Gasteiger partial charge in [0.2, 0.25) is 5.82 Å². The third kappa shape index (κ3) is 3.96. The molecule has 2 aliphatic rings. The number of para-hydroxylation sites is 1. The fraction of sp³-hybridized carbons (Fsp3) is 0.391. The number of carbonyl (C=O) groups excluding carboxylic acids is 1. The van der Waals surface area contributed by atoms with Crippen molar-refractivity contribution >= 4 is 17.7 Å². The van der Waals surface area contributed by atoms with E-state index in [4.69, 9.17) is 9.26 Å². The van der Waals surface area contributed by atoms with Crippen LogP contribution in [0.25, 0.3) is 11.4 Å². The standard InChI is InChI=1S/C23H21F4N5O3/c1-34-18-15(6-5-7-16(18)24)19-29-20(35-30-19)32-21(33)31(13-22(32)10-3-2-4-11-22)14-8-9-17(28-12-14)23(25,26)27/h5-9,12H,2-4,10-11,13H2,1H3. The summed E-state index contributed by atoms with van der Waals surface area (Å²) in [6.07, 6.45) is 0.499. The van der Waals surface area contributed by atoms with Crippen LogP contribution in [0.3, 0.4) is 0 Å². The molecular weight excluding hydrogens is 470 g/mol. The SMILES string of the molecule is COc1c(F)cccc1-c1noc(N2C(=O)N(c3ccc(C(F)(F)F)nc3)CC23CCCCC3)n1. The van der Waals surface area contributed by atoms with Gasteiger partial charge in [-0.15, -0.1) is 0 Å². The van der Waals surface area contributed by atoms with Gasteiger partial charge in [-0.3, -0.25) is 4.90 Å². The molecule has 1 aromatic carbocycles. The lowest BCUT2D eigenvalue weighted by Gasteiger charge is -2.37. The first-order chi connectivity index (χ1) is 16.7. The number of nitrogens with zero attached hydrogens (tertiary/aromatic N) is 5. The molecule has 1 aliphatic carbocycles. The molecule has 8 nitrogen and oxygen atoms in total. The molecule has 2 amide bonds. The van der Waals surface area contributed by atoms with Gasteiger partial charge in [0.05, 0.1) is 36.6 Å². The zero-order valence-electron chi connectivity index (χ0n) is 18.7. The minimum atomic E-state index is -4.58. The number of rotatable bonds is 4. The second kappa shape index (κ2) is 8.51. The van der Waals surface area contributed by atoms with Crippen LogP contribution in [0.2, 0.25) is 0 Å². The van der Waals surface area contributed by atoms with E-state index in [0.29, 0.717) is 12.8 Å². The molecule has 1 saturated heterocycles. The molecule has 2 aromatic heterocycles. The summed E-state index contributed by atoms with van der Waals surface area (Å²) < 4.78 is 63.6. The molecule has 35 heavy (non-hydrogen) atoms. The first-order valence-electron chi connectivity index (χ1n) is 11.1. The lowest BCUT2D eigenvalue weighted by molar-refractivity contribution is -0.141. The van der Waals surface area contributed by atoms with Crippen molar-refractivity contribution in [3.63, 3.8) is 0 Å². The van der Waals surface area contributed by atoms with Crippen molar-refractivity contribution in [1.29, 1.82) is 0 Å². The van der Waals surface area contributed by atoms with E-state index in [2.05, 4.69) is 15.1 Å². The van der Waals surface area contributed by atoms with Gasteiger partial charge in [0.25, 0.3) is 0 Å². The summed E-state index contributed by atoms with van der Waals surface area (Å²) in [6, 6.07) is 5.78. The van der Waals surface area contributed by atoms with Gasteiger partial charge in [-0.05, 0) is 37.1 Å². The summed E-state index contributed by atoms with van der Waals surface area (Å²) in [5.74, 6) is -0.611. The molecular formula is C23H21F4N5O3. The van der Waals surface area contributed by atoms with Gasteiger partial charge >= 0.3 is 18.2 Å². The van der Waals surface area contributed by atoms with Crippen molar-refractivity contribution in [1.82, 2.24) is 15.1 Å². The van der Waals surface area contributed by atoms with Gasteiger partial charge in [0.15, 0.2) is 11.6 Å². The van der Waals surface area contributed by atoms with Crippen LogP contribution in [-0.4, -0.2) is 40.3 Å². The highest BCUT2D eigenvalue weighted by Gasteiger charge is 2.53. The number of methoxy groups -OCH3 is 1. The number of urea groups is 1. The van der Waals surface area contributed by atoms with Crippen molar-refractivity contribution in [3.8, 4) is 17.1 Å². The molecule has 3 aromatic rings. The predicted molar refractivity (Wildman–Crippen MR) is 117 cm³/mol. The fourth-order valence-electron chi connectivity index (χ4n) is 4.86. The van der Waals surface area contributed by atoms with Gasteiger partial charge in [0, 0.05) is 0 Å².